The van der Waals surface area contributed by atoms with E-state index >= 15 is 0 Å². The Hall–Kier alpha value is -2.74. The Bertz CT molecular complexity index is 908. The van der Waals surface area contributed by atoms with Gasteiger partial charge in [0.15, 0.2) is 0 Å². The summed E-state index contributed by atoms with van der Waals surface area (Å²) in [6, 6.07) is 18.4. The van der Waals surface area contributed by atoms with Crippen LogP contribution < -0.4 is 0 Å². The third-order valence-corrected chi connectivity index (χ3v) is 3.49. The Labute approximate surface area is 116 Å². The molecule has 4 rings (SSSR count). The van der Waals surface area contributed by atoms with E-state index in [2.05, 4.69) is 40.4 Å². The Morgan fingerprint density at radius 2 is 1.60 bits per heavy atom. The molecule has 0 saturated heterocycles. The van der Waals surface area contributed by atoms with Gasteiger partial charge in [0.25, 0.3) is 0 Å². The molecule has 2 aromatic heterocycles. The number of benzene rings is 2. The highest BCUT2D eigenvalue weighted by atomic mass is 14.7. The van der Waals surface area contributed by atoms with Gasteiger partial charge in [-0.15, -0.1) is 0 Å². The van der Waals surface area contributed by atoms with Gasteiger partial charge in [0.1, 0.15) is 0 Å². The summed E-state index contributed by atoms with van der Waals surface area (Å²) in [6.07, 6.45) is 6.85. The molecule has 2 aromatic carbocycles. The van der Waals surface area contributed by atoms with Gasteiger partial charge in [-0.3, -0.25) is 4.98 Å². The zero-order valence-electron chi connectivity index (χ0n) is 10.7. The van der Waals surface area contributed by atoms with Crippen molar-refractivity contribution in [2.24, 2.45) is 0 Å². The normalized spacial score (nSPS) is 11.0. The maximum absolute atomic E-state index is 4.46. The zero-order chi connectivity index (χ0) is 13.4. The molecular weight excluding hydrogens is 244 g/mol. The first kappa shape index (κ1) is 11.1. The molecule has 93 valence electrons. The van der Waals surface area contributed by atoms with E-state index in [4.69, 9.17) is 0 Å². The molecular formula is C18H11N2. The fourth-order valence-corrected chi connectivity index (χ4v) is 2.48. The van der Waals surface area contributed by atoms with Crippen LogP contribution in [0.25, 0.3) is 32.8 Å². The lowest BCUT2D eigenvalue weighted by Crippen LogP contribution is -1.88. The minimum Gasteiger partial charge on any atom is -0.263 e. The van der Waals surface area contributed by atoms with Crippen molar-refractivity contribution in [1.82, 2.24) is 9.97 Å². The van der Waals surface area contributed by atoms with Crippen molar-refractivity contribution in [2.45, 2.75) is 0 Å². The monoisotopic (exact) mass is 255 g/mol. The molecule has 0 aliphatic heterocycles. The molecule has 20 heavy (non-hydrogen) atoms. The lowest BCUT2D eigenvalue weighted by molar-refractivity contribution is 1.31. The van der Waals surface area contributed by atoms with E-state index in [9.17, 15) is 0 Å². The number of hydrogen-bond acceptors (Lipinski definition) is 2. The van der Waals surface area contributed by atoms with Crippen molar-refractivity contribution in [3.63, 3.8) is 0 Å². The average Bonchev–Trinajstić information content (AvgIpc) is 2.54. The van der Waals surface area contributed by atoms with Crippen LogP contribution >= 0.6 is 0 Å². The van der Waals surface area contributed by atoms with Crippen molar-refractivity contribution in [3.05, 3.63) is 73.2 Å². The number of rotatable bonds is 1. The molecule has 2 heterocycles. The molecule has 0 aliphatic carbocycles. The average molecular weight is 255 g/mol. The minimum atomic E-state index is 0.910. The van der Waals surface area contributed by atoms with Crippen molar-refractivity contribution < 1.29 is 0 Å². The Morgan fingerprint density at radius 3 is 2.55 bits per heavy atom. The predicted octanol–water partition coefficient (Wildman–Crippen LogP) is 4.25. The van der Waals surface area contributed by atoms with Gasteiger partial charge >= 0.3 is 0 Å². The molecule has 0 atom stereocenters. The molecule has 0 fully saturated rings. The van der Waals surface area contributed by atoms with E-state index < -0.39 is 0 Å². The van der Waals surface area contributed by atoms with E-state index in [-0.39, 0.29) is 0 Å². The number of fused-ring (bicyclic) bond motifs is 2. The molecule has 0 N–H and O–H groups in total. The molecule has 0 amide bonds. The lowest BCUT2D eigenvalue weighted by Gasteiger charge is -2.06. The third-order valence-electron chi connectivity index (χ3n) is 3.49. The summed E-state index contributed by atoms with van der Waals surface area (Å²) in [6.45, 7) is 0. The summed E-state index contributed by atoms with van der Waals surface area (Å²) in [5.74, 6) is 0. The standard InChI is InChI=1S/C18H11N2/c1-2-6-14-11-20-18(9-13(14)5-1)17-12-19-10-15-7-3-4-8-16(15)17/h1-10,12H. The quantitative estimate of drug-likeness (QED) is 0.508. The molecule has 4 aromatic rings. The first-order valence-corrected chi connectivity index (χ1v) is 6.52. The Morgan fingerprint density at radius 1 is 0.800 bits per heavy atom. The second kappa shape index (κ2) is 4.42. The molecule has 0 bridgehead atoms. The lowest BCUT2D eigenvalue weighted by atomic mass is 10.0. The summed E-state index contributed by atoms with van der Waals surface area (Å²) in [5, 5.41) is 4.47. The zero-order valence-corrected chi connectivity index (χ0v) is 10.7. The van der Waals surface area contributed by atoms with Gasteiger partial charge < -0.3 is 0 Å². The number of aromatic nitrogens is 2. The number of nitrogens with zero attached hydrogens (tertiary/aromatic N) is 2. The van der Waals surface area contributed by atoms with Crippen LogP contribution in [0.4, 0.5) is 0 Å². The summed E-state index contributed by atoms with van der Waals surface area (Å²) in [7, 11) is 0. The van der Waals surface area contributed by atoms with Crippen LogP contribution in [0, 0.1) is 6.20 Å². The third kappa shape index (κ3) is 1.74. The highest BCUT2D eigenvalue weighted by Gasteiger charge is 2.06. The van der Waals surface area contributed by atoms with Crippen LogP contribution in [0.15, 0.2) is 67.0 Å². The summed E-state index contributed by atoms with van der Waals surface area (Å²) in [5.41, 5.74) is 1.96. The van der Waals surface area contributed by atoms with E-state index in [1.165, 1.54) is 5.39 Å². The minimum absolute atomic E-state index is 0.910. The second-order valence-corrected chi connectivity index (χ2v) is 4.75. The molecule has 0 saturated carbocycles. The molecule has 0 aliphatic rings. The first-order valence-electron chi connectivity index (χ1n) is 6.52. The highest BCUT2D eigenvalue weighted by Crippen LogP contribution is 2.27. The van der Waals surface area contributed by atoms with Gasteiger partial charge in [-0.05, 0) is 16.8 Å². The van der Waals surface area contributed by atoms with E-state index in [1.54, 1.807) is 0 Å². The number of pyridine rings is 2. The largest absolute Gasteiger partial charge is 0.263 e. The van der Waals surface area contributed by atoms with E-state index in [0.29, 0.717) is 0 Å². The Balaban J connectivity index is 2.01. The molecule has 2 nitrogen and oxygen atoms in total. The van der Waals surface area contributed by atoms with Crippen LogP contribution in [0.3, 0.4) is 0 Å². The summed E-state index contributed by atoms with van der Waals surface area (Å²) < 4.78 is 0. The van der Waals surface area contributed by atoms with Crippen LogP contribution in [-0.4, -0.2) is 9.97 Å². The van der Waals surface area contributed by atoms with Gasteiger partial charge in [0.05, 0.1) is 11.9 Å². The van der Waals surface area contributed by atoms with Crippen LogP contribution in [0.2, 0.25) is 0 Å². The van der Waals surface area contributed by atoms with Gasteiger partial charge in [-0.2, -0.15) is 0 Å². The van der Waals surface area contributed by atoms with Crippen molar-refractivity contribution in [2.75, 3.05) is 0 Å². The topological polar surface area (TPSA) is 25.8 Å². The van der Waals surface area contributed by atoms with Gasteiger partial charge in [-0.25, -0.2) is 4.98 Å². The van der Waals surface area contributed by atoms with E-state index in [1.807, 2.05) is 42.7 Å². The number of hydrogen-bond donors (Lipinski definition) is 0. The van der Waals surface area contributed by atoms with Gasteiger partial charge in [-0.1, -0.05) is 48.5 Å². The van der Waals surface area contributed by atoms with Crippen LogP contribution in [-0.2, 0) is 0 Å². The fourth-order valence-electron chi connectivity index (χ4n) is 2.48. The fraction of sp³-hybridized carbons (Fsp3) is 0. The molecule has 1 radical (unpaired) electrons. The molecule has 0 spiro atoms. The summed E-state index contributed by atoms with van der Waals surface area (Å²) in [4.78, 5) is 8.78. The first-order chi connectivity index (χ1) is 9.92. The smallest absolute Gasteiger partial charge is 0.0978 e. The van der Waals surface area contributed by atoms with Crippen molar-refractivity contribution in [1.29, 1.82) is 0 Å². The SMILES string of the molecule is [c]1nc(-c2cncc3ccccc23)cc2ccccc12. The second-order valence-electron chi connectivity index (χ2n) is 4.75. The van der Waals surface area contributed by atoms with Crippen LogP contribution in [0.1, 0.15) is 0 Å². The van der Waals surface area contributed by atoms with Gasteiger partial charge in [0.2, 0.25) is 0 Å². The van der Waals surface area contributed by atoms with Gasteiger partial charge in [0, 0.05) is 28.7 Å². The maximum Gasteiger partial charge on any atom is 0.0978 e. The summed E-state index contributed by atoms with van der Waals surface area (Å²) >= 11 is 0. The van der Waals surface area contributed by atoms with Crippen LogP contribution in [0.5, 0.6) is 0 Å². The maximum atomic E-state index is 4.46. The van der Waals surface area contributed by atoms with Crippen molar-refractivity contribution >= 4 is 21.5 Å². The Kier molecular flexibility index (Phi) is 2.46. The van der Waals surface area contributed by atoms with E-state index in [0.717, 1.165) is 27.4 Å². The molecule has 0 unspecified atom stereocenters. The predicted molar refractivity (Wildman–Crippen MR) is 81.3 cm³/mol. The molecule has 2 heteroatoms. The van der Waals surface area contributed by atoms with Crippen molar-refractivity contribution in [3.8, 4) is 11.3 Å². The highest BCUT2D eigenvalue weighted by molar-refractivity contribution is 5.96.